The van der Waals surface area contributed by atoms with Crippen LogP contribution in [-0.2, 0) is 16.6 Å². The Hall–Kier alpha value is -3.48. The quantitative estimate of drug-likeness (QED) is 0.713. The number of fused-ring (bicyclic) bond motifs is 2. The average molecular weight is 387 g/mol. The zero-order chi connectivity index (χ0) is 20.2. The van der Waals surface area contributed by atoms with Gasteiger partial charge in [-0.15, -0.1) is 0 Å². The summed E-state index contributed by atoms with van der Waals surface area (Å²) in [7, 11) is 0. The highest BCUT2D eigenvalue weighted by atomic mass is 16.3. The highest BCUT2D eigenvalue weighted by Gasteiger charge is 2.49. The highest BCUT2D eigenvalue weighted by molar-refractivity contribution is 6.07. The highest BCUT2D eigenvalue weighted by Crippen LogP contribution is 2.49. The van der Waals surface area contributed by atoms with E-state index in [1.165, 1.54) is 0 Å². The maximum atomic E-state index is 13.4. The van der Waals surface area contributed by atoms with Crippen molar-refractivity contribution < 1.29 is 9.90 Å². The van der Waals surface area contributed by atoms with Gasteiger partial charge in [0, 0.05) is 18.0 Å². The number of carbonyl (C=O) groups is 1. The molecule has 7 heteroatoms. The molecule has 0 radical (unpaired) electrons. The van der Waals surface area contributed by atoms with Crippen molar-refractivity contribution in [2.45, 2.75) is 38.1 Å². The van der Waals surface area contributed by atoms with Crippen molar-refractivity contribution in [3.05, 3.63) is 65.6 Å². The van der Waals surface area contributed by atoms with Gasteiger partial charge in [0.15, 0.2) is 0 Å². The Morgan fingerprint density at radius 2 is 2.07 bits per heavy atom. The number of aromatic nitrogens is 3. The molecule has 5 rings (SSSR count). The summed E-state index contributed by atoms with van der Waals surface area (Å²) in [6.45, 7) is 3.81. The van der Waals surface area contributed by atoms with Crippen LogP contribution in [0.3, 0.4) is 0 Å². The summed E-state index contributed by atoms with van der Waals surface area (Å²) in [5, 5.41) is 13.4. The molecule has 146 valence electrons. The number of anilines is 3. The molecule has 1 aliphatic carbocycles. The number of hydrogen-bond donors (Lipinski definition) is 2. The molecule has 29 heavy (non-hydrogen) atoms. The Morgan fingerprint density at radius 1 is 1.21 bits per heavy atom. The Bertz CT molecular complexity index is 1110. The fourth-order valence-electron chi connectivity index (χ4n) is 4.31. The lowest BCUT2D eigenvalue weighted by Gasteiger charge is -2.27. The van der Waals surface area contributed by atoms with Crippen LogP contribution in [0, 0.1) is 0 Å². The fraction of sp³-hybridized carbons (Fsp3) is 0.273. The predicted octanol–water partition coefficient (Wildman–Crippen LogP) is 3.63. The van der Waals surface area contributed by atoms with Gasteiger partial charge in [-0.3, -0.25) is 14.7 Å². The minimum atomic E-state index is -0.707. The zero-order valence-corrected chi connectivity index (χ0v) is 16.3. The molecule has 2 aliphatic rings. The molecule has 3 aromatic rings. The molecule has 0 bridgehead atoms. The fourth-order valence-corrected chi connectivity index (χ4v) is 4.31. The lowest BCUT2D eigenvalue weighted by molar-refractivity contribution is -0.122. The Kier molecular flexibility index (Phi) is 3.81. The zero-order valence-electron chi connectivity index (χ0n) is 16.3. The molecular weight excluding hydrogens is 366 g/mol. The number of aromatic hydroxyl groups is 1. The molecule has 0 saturated heterocycles. The van der Waals surface area contributed by atoms with Gasteiger partial charge in [-0.05, 0) is 56.0 Å². The van der Waals surface area contributed by atoms with Crippen LogP contribution < -0.4 is 10.2 Å². The van der Waals surface area contributed by atoms with Crippen LogP contribution in [0.2, 0.25) is 0 Å². The minimum Gasteiger partial charge on any atom is -0.508 e. The van der Waals surface area contributed by atoms with E-state index in [-0.39, 0.29) is 17.7 Å². The van der Waals surface area contributed by atoms with Crippen LogP contribution in [0.5, 0.6) is 5.75 Å². The standard InChI is InChI=1S/C22H21N5O2/c1-22(2)16-12-24-21(25-13-5-4-10-23-11-13)26-19(16)27(20(22)29)17-9-8-15-14(17)6-3-7-18(15)28/h3-7,10-12,17,28H,8-9H2,1-2H3,(H,24,25,26). The average Bonchev–Trinajstić information content (AvgIpc) is 3.21. The van der Waals surface area contributed by atoms with Gasteiger partial charge in [-0.2, -0.15) is 4.98 Å². The number of benzene rings is 1. The third kappa shape index (κ3) is 2.65. The number of phenolic OH excluding ortho intramolecular Hbond substituents is 1. The Labute approximate surface area is 168 Å². The molecule has 1 amide bonds. The van der Waals surface area contributed by atoms with Gasteiger partial charge in [0.25, 0.3) is 0 Å². The summed E-state index contributed by atoms with van der Waals surface area (Å²) in [6.07, 6.45) is 6.61. The van der Waals surface area contributed by atoms with E-state index >= 15 is 0 Å². The van der Waals surface area contributed by atoms with Crippen molar-refractivity contribution in [3.8, 4) is 5.75 Å². The summed E-state index contributed by atoms with van der Waals surface area (Å²) in [4.78, 5) is 28.4. The first-order valence-corrected chi connectivity index (χ1v) is 9.66. The Balaban J connectivity index is 1.58. The van der Waals surface area contributed by atoms with Crippen LogP contribution in [0.4, 0.5) is 17.5 Å². The van der Waals surface area contributed by atoms with Crippen molar-refractivity contribution >= 4 is 23.4 Å². The third-order valence-electron chi connectivity index (χ3n) is 5.87. The molecule has 1 aliphatic heterocycles. The SMILES string of the molecule is CC1(C)C(=O)N(C2CCc3c(O)cccc32)c2nc(Nc3cccnc3)ncc21. The van der Waals surface area contributed by atoms with Crippen LogP contribution >= 0.6 is 0 Å². The second-order valence-corrected chi connectivity index (χ2v) is 8.00. The second kappa shape index (κ2) is 6.27. The van der Waals surface area contributed by atoms with Gasteiger partial charge in [0.2, 0.25) is 11.9 Å². The first-order chi connectivity index (χ1) is 14.0. The predicted molar refractivity (Wildman–Crippen MR) is 109 cm³/mol. The monoisotopic (exact) mass is 387 g/mol. The molecule has 1 atom stereocenters. The smallest absolute Gasteiger partial charge is 0.239 e. The largest absolute Gasteiger partial charge is 0.508 e. The van der Waals surface area contributed by atoms with E-state index in [9.17, 15) is 9.90 Å². The van der Waals surface area contributed by atoms with E-state index in [4.69, 9.17) is 4.98 Å². The van der Waals surface area contributed by atoms with Gasteiger partial charge in [0.05, 0.1) is 23.3 Å². The summed E-state index contributed by atoms with van der Waals surface area (Å²) in [6, 6.07) is 9.08. The van der Waals surface area contributed by atoms with Crippen molar-refractivity contribution in [2.75, 3.05) is 10.2 Å². The van der Waals surface area contributed by atoms with E-state index in [2.05, 4.69) is 15.3 Å². The van der Waals surface area contributed by atoms with Gasteiger partial charge < -0.3 is 10.4 Å². The number of amides is 1. The third-order valence-corrected chi connectivity index (χ3v) is 5.87. The van der Waals surface area contributed by atoms with Gasteiger partial charge in [-0.25, -0.2) is 4.98 Å². The number of carbonyl (C=O) groups excluding carboxylic acids is 1. The lowest BCUT2D eigenvalue weighted by atomic mass is 9.88. The number of pyridine rings is 1. The van der Waals surface area contributed by atoms with E-state index in [1.54, 1.807) is 29.6 Å². The van der Waals surface area contributed by atoms with Crippen LogP contribution in [0.15, 0.2) is 48.9 Å². The summed E-state index contributed by atoms with van der Waals surface area (Å²) >= 11 is 0. The molecule has 0 saturated carbocycles. The molecule has 2 N–H and O–H groups in total. The van der Waals surface area contributed by atoms with Gasteiger partial charge >= 0.3 is 0 Å². The minimum absolute atomic E-state index is 0.00141. The molecule has 0 spiro atoms. The molecule has 1 unspecified atom stereocenters. The molecule has 1 aromatic carbocycles. The van der Waals surface area contributed by atoms with E-state index in [1.807, 2.05) is 38.1 Å². The lowest BCUT2D eigenvalue weighted by Crippen LogP contribution is -2.38. The van der Waals surface area contributed by atoms with Crippen LogP contribution in [0.1, 0.15) is 43.0 Å². The van der Waals surface area contributed by atoms with Crippen molar-refractivity contribution in [3.63, 3.8) is 0 Å². The topological polar surface area (TPSA) is 91.2 Å². The number of phenols is 1. The number of hydrogen-bond acceptors (Lipinski definition) is 6. The number of nitrogens with one attached hydrogen (secondary N) is 1. The number of nitrogens with zero attached hydrogens (tertiary/aromatic N) is 4. The van der Waals surface area contributed by atoms with Crippen molar-refractivity contribution in [2.24, 2.45) is 0 Å². The maximum absolute atomic E-state index is 13.4. The summed E-state index contributed by atoms with van der Waals surface area (Å²) in [5.74, 6) is 1.34. The number of rotatable bonds is 3. The first-order valence-electron chi connectivity index (χ1n) is 9.66. The van der Waals surface area contributed by atoms with Gasteiger partial charge in [0.1, 0.15) is 11.6 Å². The van der Waals surface area contributed by atoms with Gasteiger partial charge in [-0.1, -0.05) is 12.1 Å². The molecule has 2 aromatic heterocycles. The summed E-state index contributed by atoms with van der Waals surface area (Å²) in [5.41, 5.74) is 2.79. The molecule has 0 fully saturated rings. The van der Waals surface area contributed by atoms with E-state index in [0.29, 0.717) is 11.8 Å². The summed E-state index contributed by atoms with van der Waals surface area (Å²) < 4.78 is 0. The first kappa shape index (κ1) is 17.6. The normalized spacial score (nSPS) is 19.2. The molecule has 3 heterocycles. The van der Waals surface area contributed by atoms with E-state index in [0.717, 1.165) is 35.2 Å². The second-order valence-electron chi connectivity index (χ2n) is 8.00. The Morgan fingerprint density at radius 3 is 2.86 bits per heavy atom. The van der Waals surface area contributed by atoms with Crippen molar-refractivity contribution in [1.82, 2.24) is 15.0 Å². The molecular formula is C22H21N5O2. The molecule has 7 nitrogen and oxygen atoms in total. The van der Waals surface area contributed by atoms with E-state index < -0.39 is 5.41 Å². The van der Waals surface area contributed by atoms with Crippen LogP contribution in [-0.4, -0.2) is 26.0 Å². The van der Waals surface area contributed by atoms with Crippen molar-refractivity contribution in [1.29, 1.82) is 0 Å². The maximum Gasteiger partial charge on any atom is 0.239 e. The van der Waals surface area contributed by atoms with Crippen LogP contribution in [0.25, 0.3) is 0 Å².